The molecule has 0 aromatic heterocycles. The maximum atomic E-state index is 13.1. The lowest BCUT2D eigenvalue weighted by molar-refractivity contribution is -0.136. The molecule has 1 aromatic carbocycles. The van der Waals surface area contributed by atoms with Crippen LogP contribution in [0.15, 0.2) is 18.2 Å². The van der Waals surface area contributed by atoms with Gasteiger partial charge in [0.15, 0.2) is 0 Å². The predicted octanol–water partition coefficient (Wildman–Crippen LogP) is 2.72. The summed E-state index contributed by atoms with van der Waals surface area (Å²) in [5.74, 6) is -0.266. The van der Waals surface area contributed by atoms with E-state index in [9.17, 15) is 9.18 Å². The van der Waals surface area contributed by atoms with E-state index in [0.717, 1.165) is 24.9 Å². The average Bonchev–Trinajstić information content (AvgIpc) is 3.23. The summed E-state index contributed by atoms with van der Waals surface area (Å²) in [7, 11) is 0. The maximum Gasteiger partial charge on any atom is 0.240 e. The Hall–Kier alpha value is -1.13. The van der Waals surface area contributed by atoms with Crippen LogP contribution < -0.4 is 5.32 Å². The van der Waals surface area contributed by atoms with Crippen LogP contribution in [0, 0.1) is 5.82 Å². The number of likely N-dealkylation sites (tertiary alicyclic amines) is 1. The molecular weight excluding hydrogens is 279 g/mol. The summed E-state index contributed by atoms with van der Waals surface area (Å²) >= 11 is 5.78. The number of hydrogen-bond acceptors (Lipinski definition) is 2. The minimum Gasteiger partial charge on any atom is -0.337 e. The van der Waals surface area contributed by atoms with Crippen LogP contribution in [0.5, 0.6) is 0 Å². The van der Waals surface area contributed by atoms with Gasteiger partial charge in [-0.25, -0.2) is 4.39 Å². The van der Waals surface area contributed by atoms with Crippen LogP contribution in [0.4, 0.5) is 4.39 Å². The van der Waals surface area contributed by atoms with Gasteiger partial charge in [0, 0.05) is 19.1 Å². The number of carbonyl (C=O) groups is 1. The highest BCUT2D eigenvalue weighted by Crippen LogP contribution is 2.24. The van der Waals surface area contributed by atoms with E-state index in [0.29, 0.717) is 12.6 Å². The number of nitrogens with one attached hydrogen (secondary N) is 1. The fraction of sp³-hybridized carbons (Fsp3) is 0.533. The number of halogens is 2. The normalized spacial score (nSPS) is 23.2. The molecule has 1 saturated heterocycles. The van der Waals surface area contributed by atoms with Crippen molar-refractivity contribution in [1.82, 2.24) is 10.2 Å². The number of piperidine rings is 1. The first-order chi connectivity index (χ1) is 9.63. The highest BCUT2D eigenvalue weighted by Gasteiger charge is 2.33. The molecule has 1 atom stereocenters. The third-order valence-electron chi connectivity index (χ3n) is 3.90. The summed E-state index contributed by atoms with van der Waals surface area (Å²) in [6.07, 6.45) is 4.27. The molecule has 1 aromatic rings. The summed E-state index contributed by atoms with van der Waals surface area (Å²) < 4.78 is 13.1. The lowest BCUT2D eigenvalue weighted by atomic mass is 10.0. The zero-order chi connectivity index (χ0) is 14.1. The molecular formula is C15H18ClFN2O. The minimum atomic E-state index is -0.423. The first kappa shape index (κ1) is 13.8. The van der Waals surface area contributed by atoms with Crippen molar-refractivity contribution in [2.75, 3.05) is 6.54 Å². The fourth-order valence-corrected chi connectivity index (χ4v) is 2.85. The van der Waals surface area contributed by atoms with Crippen molar-refractivity contribution in [3.63, 3.8) is 0 Å². The summed E-state index contributed by atoms with van der Waals surface area (Å²) in [4.78, 5) is 14.2. The van der Waals surface area contributed by atoms with Crippen LogP contribution in [0.1, 0.15) is 31.2 Å². The first-order valence-corrected chi connectivity index (χ1v) is 7.50. The van der Waals surface area contributed by atoms with E-state index in [4.69, 9.17) is 11.6 Å². The summed E-state index contributed by atoms with van der Waals surface area (Å²) in [5.41, 5.74) is 0.872. The molecule has 5 heteroatoms. The maximum absolute atomic E-state index is 13.1. The molecule has 2 aliphatic rings. The van der Waals surface area contributed by atoms with Crippen molar-refractivity contribution >= 4 is 17.5 Å². The molecule has 1 N–H and O–H groups in total. The summed E-state index contributed by atoms with van der Waals surface area (Å²) in [5, 5.41) is 3.51. The zero-order valence-electron chi connectivity index (χ0n) is 11.2. The van der Waals surface area contributed by atoms with Gasteiger partial charge in [0.05, 0.1) is 11.1 Å². The number of benzene rings is 1. The highest BCUT2D eigenvalue weighted by molar-refractivity contribution is 6.30. The van der Waals surface area contributed by atoms with Crippen molar-refractivity contribution in [3.05, 3.63) is 34.6 Å². The monoisotopic (exact) mass is 296 g/mol. The van der Waals surface area contributed by atoms with E-state index in [2.05, 4.69) is 5.32 Å². The molecule has 1 aliphatic carbocycles. The minimum absolute atomic E-state index is 0.0489. The predicted molar refractivity (Wildman–Crippen MR) is 76.0 cm³/mol. The van der Waals surface area contributed by atoms with Gasteiger partial charge in [0.25, 0.3) is 0 Å². The SMILES string of the molecule is O=C1C(NC2CC2)CCCN1Cc1ccc(F)c(Cl)c1. The molecule has 0 bridgehead atoms. The van der Waals surface area contributed by atoms with Crippen molar-refractivity contribution in [3.8, 4) is 0 Å². The van der Waals surface area contributed by atoms with Crippen molar-refractivity contribution in [1.29, 1.82) is 0 Å². The largest absolute Gasteiger partial charge is 0.337 e. The Morgan fingerprint density at radius 1 is 1.35 bits per heavy atom. The van der Waals surface area contributed by atoms with Gasteiger partial charge in [-0.05, 0) is 43.4 Å². The standard InChI is InChI=1S/C15H18ClFN2O/c16-12-8-10(3-6-13(12)17)9-19-7-1-2-14(15(19)20)18-11-4-5-11/h3,6,8,11,14,18H,1-2,4-5,7,9H2. The van der Waals surface area contributed by atoms with Crippen molar-refractivity contribution in [2.24, 2.45) is 0 Å². The Morgan fingerprint density at radius 2 is 2.15 bits per heavy atom. The van der Waals surface area contributed by atoms with Gasteiger partial charge in [0.2, 0.25) is 5.91 Å². The Morgan fingerprint density at radius 3 is 2.85 bits per heavy atom. The second-order valence-corrected chi connectivity index (χ2v) is 6.05. The van der Waals surface area contributed by atoms with E-state index in [-0.39, 0.29) is 17.0 Å². The third-order valence-corrected chi connectivity index (χ3v) is 4.19. The summed E-state index contributed by atoms with van der Waals surface area (Å²) in [6, 6.07) is 5.12. The third kappa shape index (κ3) is 3.13. The zero-order valence-corrected chi connectivity index (χ0v) is 12.0. The number of carbonyl (C=O) groups excluding carboxylic acids is 1. The van der Waals surface area contributed by atoms with E-state index in [1.165, 1.54) is 18.9 Å². The van der Waals surface area contributed by atoms with Gasteiger partial charge in [-0.1, -0.05) is 17.7 Å². The smallest absolute Gasteiger partial charge is 0.240 e. The molecule has 1 unspecified atom stereocenters. The second kappa shape index (κ2) is 5.70. The fourth-order valence-electron chi connectivity index (χ4n) is 2.64. The molecule has 1 saturated carbocycles. The highest BCUT2D eigenvalue weighted by atomic mass is 35.5. The van der Waals surface area contributed by atoms with Crippen molar-refractivity contribution in [2.45, 2.75) is 44.3 Å². The van der Waals surface area contributed by atoms with Crippen LogP contribution in [0.2, 0.25) is 5.02 Å². The van der Waals surface area contributed by atoms with Gasteiger partial charge in [-0.2, -0.15) is 0 Å². The van der Waals surface area contributed by atoms with E-state index < -0.39 is 5.82 Å². The van der Waals surface area contributed by atoms with E-state index >= 15 is 0 Å². The van der Waals surface area contributed by atoms with Crippen molar-refractivity contribution < 1.29 is 9.18 Å². The van der Waals surface area contributed by atoms with Crippen LogP contribution in [-0.2, 0) is 11.3 Å². The Labute approximate surface area is 123 Å². The number of nitrogens with zero attached hydrogens (tertiary/aromatic N) is 1. The number of hydrogen-bond donors (Lipinski definition) is 1. The van der Waals surface area contributed by atoms with Crippen LogP contribution in [-0.4, -0.2) is 29.4 Å². The Bertz CT molecular complexity index is 519. The van der Waals surface area contributed by atoms with Crippen LogP contribution in [0.25, 0.3) is 0 Å². The van der Waals surface area contributed by atoms with Gasteiger partial charge < -0.3 is 10.2 Å². The van der Waals surface area contributed by atoms with Crippen LogP contribution >= 0.6 is 11.6 Å². The molecule has 1 aliphatic heterocycles. The molecule has 1 heterocycles. The van der Waals surface area contributed by atoms with E-state index in [1.807, 2.05) is 4.90 Å². The second-order valence-electron chi connectivity index (χ2n) is 5.64. The van der Waals surface area contributed by atoms with Gasteiger partial charge in [0.1, 0.15) is 5.82 Å². The quantitative estimate of drug-likeness (QED) is 0.926. The summed E-state index contributed by atoms with van der Waals surface area (Å²) in [6.45, 7) is 1.26. The molecule has 20 heavy (non-hydrogen) atoms. The van der Waals surface area contributed by atoms with Gasteiger partial charge >= 0.3 is 0 Å². The number of amides is 1. The van der Waals surface area contributed by atoms with E-state index in [1.54, 1.807) is 12.1 Å². The molecule has 2 fully saturated rings. The lowest BCUT2D eigenvalue weighted by Gasteiger charge is -2.33. The molecule has 3 nitrogen and oxygen atoms in total. The van der Waals surface area contributed by atoms with Crippen LogP contribution in [0.3, 0.4) is 0 Å². The first-order valence-electron chi connectivity index (χ1n) is 7.12. The Balaban J connectivity index is 1.65. The molecule has 3 rings (SSSR count). The Kier molecular flexibility index (Phi) is 3.94. The average molecular weight is 297 g/mol. The van der Waals surface area contributed by atoms with Gasteiger partial charge in [-0.15, -0.1) is 0 Å². The van der Waals surface area contributed by atoms with Gasteiger partial charge in [-0.3, -0.25) is 4.79 Å². The lowest BCUT2D eigenvalue weighted by Crippen LogP contribution is -2.50. The number of rotatable bonds is 4. The molecule has 0 radical (unpaired) electrons. The topological polar surface area (TPSA) is 32.3 Å². The molecule has 0 spiro atoms. The molecule has 1 amide bonds. The molecule has 108 valence electrons.